The minimum Gasteiger partial charge on any atom is -0.234 e. The lowest BCUT2D eigenvalue weighted by atomic mass is 10.1. The standard InChI is InChI=1S/C25H20N2/c1-2-20-12-14-21(15-13-20)19-26-27(24-10-4-3-5-11-24)25-17-16-22-8-6-7-9-23(22)18-25/h2-19H,1H2/b26-19+. The Bertz CT molecular complexity index is 1080. The summed E-state index contributed by atoms with van der Waals surface area (Å²) in [6, 6.07) is 33.1. The number of para-hydroxylation sites is 1. The van der Waals surface area contributed by atoms with Gasteiger partial charge in [0.25, 0.3) is 0 Å². The van der Waals surface area contributed by atoms with Gasteiger partial charge in [0, 0.05) is 0 Å². The third-order valence-electron chi connectivity index (χ3n) is 4.47. The van der Waals surface area contributed by atoms with Crippen LogP contribution in [0, 0.1) is 0 Å². The van der Waals surface area contributed by atoms with Gasteiger partial charge in [-0.05, 0) is 46.2 Å². The Labute approximate surface area is 159 Å². The van der Waals surface area contributed by atoms with Crippen LogP contribution in [0.15, 0.2) is 109 Å². The number of hydrogen-bond donors (Lipinski definition) is 0. The highest BCUT2D eigenvalue weighted by Gasteiger charge is 2.08. The van der Waals surface area contributed by atoms with Crippen molar-refractivity contribution in [3.63, 3.8) is 0 Å². The van der Waals surface area contributed by atoms with Crippen molar-refractivity contribution < 1.29 is 0 Å². The van der Waals surface area contributed by atoms with Crippen LogP contribution in [0.2, 0.25) is 0 Å². The number of nitrogens with zero attached hydrogens (tertiary/aromatic N) is 2. The molecule has 4 aromatic carbocycles. The summed E-state index contributed by atoms with van der Waals surface area (Å²) >= 11 is 0. The van der Waals surface area contributed by atoms with Gasteiger partial charge in [-0.25, -0.2) is 5.01 Å². The van der Waals surface area contributed by atoms with E-state index < -0.39 is 0 Å². The van der Waals surface area contributed by atoms with Crippen molar-refractivity contribution >= 4 is 34.4 Å². The number of rotatable bonds is 5. The molecule has 4 aromatic rings. The third kappa shape index (κ3) is 3.80. The number of anilines is 2. The van der Waals surface area contributed by atoms with Crippen LogP contribution in [0.1, 0.15) is 11.1 Å². The zero-order valence-electron chi connectivity index (χ0n) is 15.0. The Kier molecular flexibility index (Phi) is 4.80. The van der Waals surface area contributed by atoms with E-state index in [2.05, 4.69) is 61.2 Å². The van der Waals surface area contributed by atoms with E-state index >= 15 is 0 Å². The normalized spacial score (nSPS) is 11.0. The Morgan fingerprint density at radius 2 is 1.30 bits per heavy atom. The summed E-state index contributed by atoms with van der Waals surface area (Å²) in [6.45, 7) is 3.80. The highest BCUT2D eigenvalue weighted by Crippen LogP contribution is 2.28. The minimum absolute atomic E-state index is 1.02. The van der Waals surface area contributed by atoms with E-state index in [4.69, 9.17) is 5.10 Å². The van der Waals surface area contributed by atoms with Gasteiger partial charge >= 0.3 is 0 Å². The van der Waals surface area contributed by atoms with Crippen LogP contribution in [0.4, 0.5) is 11.4 Å². The molecule has 27 heavy (non-hydrogen) atoms. The Balaban J connectivity index is 1.74. The lowest BCUT2D eigenvalue weighted by Gasteiger charge is -2.20. The summed E-state index contributed by atoms with van der Waals surface area (Å²) in [7, 11) is 0. The third-order valence-corrected chi connectivity index (χ3v) is 4.47. The molecule has 2 nitrogen and oxygen atoms in total. The Hall–Kier alpha value is -3.65. The number of hydrogen-bond acceptors (Lipinski definition) is 2. The van der Waals surface area contributed by atoms with Crippen LogP contribution < -0.4 is 5.01 Å². The van der Waals surface area contributed by atoms with E-state index in [0.717, 1.165) is 22.5 Å². The van der Waals surface area contributed by atoms with Crippen LogP contribution in [0.25, 0.3) is 16.8 Å². The van der Waals surface area contributed by atoms with Crippen LogP contribution in [-0.2, 0) is 0 Å². The van der Waals surface area contributed by atoms with Crippen molar-refractivity contribution in [3.05, 3.63) is 115 Å². The predicted molar refractivity (Wildman–Crippen MR) is 117 cm³/mol. The van der Waals surface area contributed by atoms with E-state index in [1.807, 2.05) is 59.8 Å². The van der Waals surface area contributed by atoms with Gasteiger partial charge in [0.2, 0.25) is 0 Å². The molecule has 0 saturated carbocycles. The quantitative estimate of drug-likeness (QED) is 0.291. The molecule has 0 radical (unpaired) electrons. The topological polar surface area (TPSA) is 15.6 Å². The van der Waals surface area contributed by atoms with Crippen LogP contribution in [0.3, 0.4) is 0 Å². The summed E-state index contributed by atoms with van der Waals surface area (Å²) in [5, 5.41) is 9.16. The second-order valence-electron chi connectivity index (χ2n) is 6.29. The maximum absolute atomic E-state index is 4.78. The van der Waals surface area contributed by atoms with Crippen molar-refractivity contribution in [1.29, 1.82) is 0 Å². The van der Waals surface area contributed by atoms with Crippen LogP contribution in [-0.4, -0.2) is 6.21 Å². The molecule has 0 aliphatic carbocycles. The number of fused-ring (bicyclic) bond motifs is 1. The van der Waals surface area contributed by atoms with Crippen molar-refractivity contribution in [1.82, 2.24) is 0 Å². The average molecular weight is 348 g/mol. The molecule has 0 unspecified atom stereocenters. The van der Waals surface area contributed by atoms with E-state index in [-0.39, 0.29) is 0 Å². The fraction of sp³-hybridized carbons (Fsp3) is 0. The van der Waals surface area contributed by atoms with Gasteiger partial charge in [0.15, 0.2) is 0 Å². The van der Waals surface area contributed by atoms with Gasteiger partial charge in [0.05, 0.1) is 17.6 Å². The molecule has 2 heteroatoms. The van der Waals surface area contributed by atoms with Gasteiger partial charge in [-0.3, -0.25) is 0 Å². The Morgan fingerprint density at radius 3 is 2.04 bits per heavy atom. The first-order valence-corrected chi connectivity index (χ1v) is 8.94. The first-order chi connectivity index (χ1) is 13.3. The highest BCUT2D eigenvalue weighted by atomic mass is 15.5. The lowest BCUT2D eigenvalue weighted by Crippen LogP contribution is -2.09. The molecule has 0 bridgehead atoms. The van der Waals surface area contributed by atoms with Crippen LogP contribution in [0.5, 0.6) is 0 Å². The second kappa shape index (κ2) is 7.71. The lowest BCUT2D eigenvalue weighted by molar-refractivity contribution is 1.09. The minimum atomic E-state index is 1.02. The summed E-state index contributed by atoms with van der Waals surface area (Å²) in [5.74, 6) is 0. The van der Waals surface area contributed by atoms with Crippen molar-refractivity contribution in [2.24, 2.45) is 5.10 Å². The van der Waals surface area contributed by atoms with Crippen molar-refractivity contribution in [2.75, 3.05) is 5.01 Å². The van der Waals surface area contributed by atoms with E-state index in [1.54, 1.807) is 0 Å². The summed E-state index contributed by atoms with van der Waals surface area (Å²) in [5.41, 5.74) is 4.19. The van der Waals surface area contributed by atoms with Gasteiger partial charge in [-0.2, -0.15) is 5.10 Å². The van der Waals surface area contributed by atoms with Crippen molar-refractivity contribution in [3.8, 4) is 0 Å². The SMILES string of the molecule is C=Cc1ccc(/C=N/N(c2ccccc2)c2ccc3ccccc3c2)cc1. The van der Waals surface area contributed by atoms with Gasteiger partial charge in [0.1, 0.15) is 0 Å². The molecule has 0 saturated heterocycles. The Morgan fingerprint density at radius 1 is 0.630 bits per heavy atom. The smallest absolute Gasteiger partial charge is 0.0659 e. The first-order valence-electron chi connectivity index (χ1n) is 8.94. The summed E-state index contributed by atoms with van der Waals surface area (Å²) < 4.78 is 0. The molecule has 130 valence electrons. The van der Waals surface area contributed by atoms with E-state index in [0.29, 0.717) is 0 Å². The molecule has 0 spiro atoms. The highest BCUT2D eigenvalue weighted by molar-refractivity contribution is 5.88. The molecule has 0 amide bonds. The summed E-state index contributed by atoms with van der Waals surface area (Å²) in [4.78, 5) is 0. The first kappa shape index (κ1) is 16.8. The van der Waals surface area contributed by atoms with Gasteiger partial charge < -0.3 is 0 Å². The molecule has 0 aliphatic heterocycles. The number of benzene rings is 4. The van der Waals surface area contributed by atoms with Gasteiger partial charge in [-0.1, -0.05) is 85.5 Å². The fourth-order valence-electron chi connectivity index (χ4n) is 3.00. The average Bonchev–Trinajstić information content (AvgIpc) is 2.75. The van der Waals surface area contributed by atoms with E-state index in [1.165, 1.54) is 10.8 Å². The zero-order chi connectivity index (χ0) is 18.5. The monoisotopic (exact) mass is 348 g/mol. The molecule has 0 atom stereocenters. The largest absolute Gasteiger partial charge is 0.234 e. The molecule has 0 aromatic heterocycles. The zero-order valence-corrected chi connectivity index (χ0v) is 15.0. The fourth-order valence-corrected chi connectivity index (χ4v) is 3.00. The predicted octanol–water partition coefficient (Wildman–Crippen LogP) is 6.66. The maximum atomic E-state index is 4.78. The van der Waals surface area contributed by atoms with Crippen molar-refractivity contribution in [2.45, 2.75) is 0 Å². The van der Waals surface area contributed by atoms with Crippen LogP contribution >= 0.6 is 0 Å². The second-order valence-corrected chi connectivity index (χ2v) is 6.29. The molecular weight excluding hydrogens is 328 g/mol. The van der Waals surface area contributed by atoms with E-state index in [9.17, 15) is 0 Å². The molecule has 0 heterocycles. The molecule has 4 rings (SSSR count). The maximum Gasteiger partial charge on any atom is 0.0659 e. The molecule has 0 aliphatic rings. The summed E-state index contributed by atoms with van der Waals surface area (Å²) in [6.07, 6.45) is 3.72. The molecule has 0 N–H and O–H groups in total. The van der Waals surface area contributed by atoms with Gasteiger partial charge in [-0.15, -0.1) is 0 Å². The molecular formula is C25H20N2. The number of hydrazone groups is 1. The molecule has 0 fully saturated rings.